The number of thiocarbonyl (C=S) groups is 1. The highest BCUT2D eigenvalue weighted by Crippen LogP contribution is 2.20. The molecule has 20 heavy (non-hydrogen) atoms. The van der Waals surface area contributed by atoms with Crippen LogP contribution in [0.5, 0.6) is 5.75 Å². The second-order valence-electron chi connectivity index (χ2n) is 4.56. The molecular formula is C16H18N2OS. The summed E-state index contributed by atoms with van der Waals surface area (Å²) in [6.45, 7) is 4.16. The Kier molecular flexibility index (Phi) is 4.58. The maximum Gasteiger partial charge on any atom is 0.175 e. The average molecular weight is 286 g/mol. The fourth-order valence-electron chi connectivity index (χ4n) is 1.87. The number of hydrogen-bond donors (Lipinski definition) is 2. The van der Waals surface area contributed by atoms with Crippen LogP contribution in [0.1, 0.15) is 11.1 Å². The van der Waals surface area contributed by atoms with Crippen LogP contribution in [0.3, 0.4) is 0 Å². The molecule has 3 nitrogen and oxygen atoms in total. The first-order valence-electron chi connectivity index (χ1n) is 6.38. The molecule has 2 rings (SSSR count). The van der Waals surface area contributed by atoms with Crippen LogP contribution in [-0.2, 0) is 0 Å². The molecule has 2 N–H and O–H groups in total. The van der Waals surface area contributed by atoms with Crippen molar-refractivity contribution in [3.8, 4) is 5.75 Å². The van der Waals surface area contributed by atoms with Crippen LogP contribution in [0.4, 0.5) is 11.4 Å². The zero-order chi connectivity index (χ0) is 14.5. The molecule has 0 saturated carbocycles. The van der Waals surface area contributed by atoms with Crippen molar-refractivity contribution in [2.24, 2.45) is 0 Å². The second kappa shape index (κ2) is 6.39. The summed E-state index contributed by atoms with van der Waals surface area (Å²) in [7, 11) is 1.64. The predicted molar refractivity (Wildman–Crippen MR) is 88.8 cm³/mol. The zero-order valence-corrected chi connectivity index (χ0v) is 12.7. The summed E-state index contributed by atoms with van der Waals surface area (Å²) >= 11 is 5.34. The molecular weight excluding hydrogens is 268 g/mol. The van der Waals surface area contributed by atoms with Gasteiger partial charge in [0, 0.05) is 17.4 Å². The molecule has 2 aromatic carbocycles. The van der Waals surface area contributed by atoms with Crippen LogP contribution in [0, 0.1) is 13.8 Å². The number of aryl methyl sites for hydroxylation is 1. The lowest BCUT2D eigenvalue weighted by molar-refractivity contribution is 0.415. The Morgan fingerprint density at radius 1 is 1.05 bits per heavy atom. The summed E-state index contributed by atoms with van der Waals surface area (Å²) in [5.41, 5.74) is 4.35. The molecule has 2 aromatic rings. The first-order chi connectivity index (χ1) is 9.60. The van der Waals surface area contributed by atoms with E-state index in [0.29, 0.717) is 5.11 Å². The van der Waals surface area contributed by atoms with Gasteiger partial charge in [-0.1, -0.05) is 18.2 Å². The van der Waals surface area contributed by atoms with Crippen LogP contribution in [0.2, 0.25) is 0 Å². The van der Waals surface area contributed by atoms with Gasteiger partial charge < -0.3 is 15.4 Å². The van der Waals surface area contributed by atoms with Crippen LogP contribution in [0.15, 0.2) is 42.5 Å². The van der Waals surface area contributed by atoms with Crippen molar-refractivity contribution in [3.63, 3.8) is 0 Å². The van der Waals surface area contributed by atoms with Crippen molar-refractivity contribution in [2.75, 3.05) is 17.7 Å². The minimum atomic E-state index is 0.562. The van der Waals surface area contributed by atoms with E-state index < -0.39 is 0 Å². The van der Waals surface area contributed by atoms with Crippen LogP contribution < -0.4 is 15.4 Å². The summed E-state index contributed by atoms with van der Waals surface area (Å²) < 4.78 is 5.19. The summed E-state index contributed by atoms with van der Waals surface area (Å²) in [6.07, 6.45) is 0. The first-order valence-corrected chi connectivity index (χ1v) is 6.79. The van der Waals surface area contributed by atoms with Crippen molar-refractivity contribution >= 4 is 28.7 Å². The summed E-state index contributed by atoms with van der Waals surface area (Å²) in [6, 6.07) is 13.8. The van der Waals surface area contributed by atoms with Crippen molar-refractivity contribution in [1.82, 2.24) is 0 Å². The molecule has 4 heteroatoms. The number of anilines is 2. The fourth-order valence-corrected chi connectivity index (χ4v) is 2.10. The molecule has 0 amide bonds. The SMILES string of the molecule is COc1cccc(NC(=S)Nc2cccc(C)c2C)c1. The van der Waals surface area contributed by atoms with Gasteiger partial charge in [0.15, 0.2) is 5.11 Å². The van der Waals surface area contributed by atoms with Crippen molar-refractivity contribution in [1.29, 1.82) is 0 Å². The molecule has 0 aromatic heterocycles. The quantitative estimate of drug-likeness (QED) is 0.832. The molecule has 0 aliphatic rings. The van der Waals surface area contributed by atoms with Crippen LogP contribution >= 0.6 is 12.2 Å². The minimum absolute atomic E-state index is 0.562. The predicted octanol–water partition coefficient (Wildman–Crippen LogP) is 4.12. The van der Waals surface area contributed by atoms with Gasteiger partial charge in [0.05, 0.1) is 7.11 Å². The first kappa shape index (κ1) is 14.3. The van der Waals surface area contributed by atoms with E-state index in [1.165, 1.54) is 11.1 Å². The van der Waals surface area contributed by atoms with Crippen molar-refractivity contribution < 1.29 is 4.74 Å². The third-order valence-corrected chi connectivity index (χ3v) is 3.38. The molecule has 104 valence electrons. The lowest BCUT2D eigenvalue weighted by Crippen LogP contribution is -2.19. The standard InChI is InChI=1S/C16H18N2OS/c1-11-6-4-9-15(12(11)2)18-16(20)17-13-7-5-8-14(10-13)19-3/h4-10H,1-3H3,(H2,17,18,20). The molecule has 0 aliphatic carbocycles. The summed E-state index contributed by atoms with van der Waals surface area (Å²) in [5.74, 6) is 0.796. The number of nitrogens with one attached hydrogen (secondary N) is 2. The largest absolute Gasteiger partial charge is 0.497 e. The Labute approximate surface area is 125 Å². The number of methoxy groups -OCH3 is 1. The highest BCUT2D eigenvalue weighted by Gasteiger charge is 2.03. The topological polar surface area (TPSA) is 33.3 Å². The van der Waals surface area contributed by atoms with Gasteiger partial charge in [-0.15, -0.1) is 0 Å². The highest BCUT2D eigenvalue weighted by molar-refractivity contribution is 7.80. The molecule has 0 fully saturated rings. The van der Waals surface area contributed by atoms with Gasteiger partial charge in [-0.25, -0.2) is 0 Å². The van der Waals surface area contributed by atoms with Gasteiger partial charge in [0.25, 0.3) is 0 Å². The van der Waals surface area contributed by atoms with Crippen LogP contribution in [-0.4, -0.2) is 12.2 Å². The van der Waals surface area contributed by atoms with Crippen molar-refractivity contribution in [2.45, 2.75) is 13.8 Å². The van der Waals surface area contributed by atoms with Gasteiger partial charge in [0.1, 0.15) is 5.75 Å². The van der Waals surface area contributed by atoms with Gasteiger partial charge in [-0.2, -0.15) is 0 Å². The third-order valence-electron chi connectivity index (χ3n) is 3.18. The van der Waals surface area contributed by atoms with Gasteiger partial charge in [-0.05, 0) is 55.4 Å². The fraction of sp³-hybridized carbons (Fsp3) is 0.188. The average Bonchev–Trinajstić information content (AvgIpc) is 2.44. The summed E-state index contributed by atoms with van der Waals surface area (Å²) in [4.78, 5) is 0. The Balaban J connectivity index is 2.07. The normalized spacial score (nSPS) is 9.95. The highest BCUT2D eigenvalue weighted by atomic mass is 32.1. The van der Waals surface area contributed by atoms with E-state index in [0.717, 1.165) is 17.1 Å². The van der Waals surface area contributed by atoms with E-state index in [4.69, 9.17) is 17.0 Å². The van der Waals surface area contributed by atoms with E-state index in [9.17, 15) is 0 Å². The Hall–Kier alpha value is -2.07. The number of rotatable bonds is 3. The van der Waals surface area contributed by atoms with E-state index >= 15 is 0 Å². The number of benzene rings is 2. The van der Waals surface area contributed by atoms with E-state index in [-0.39, 0.29) is 0 Å². The van der Waals surface area contributed by atoms with E-state index in [1.807, 2.05) is 36.4 Å². The molecule has 0 saturated heterocycles. The minimum Gasteiger partial charge on any atom is -0.497 e. The monoisotopic (exact) mass is 286 g/mol. The Bertz CT molecular complexity index is 626. The van der Waals surface area contributed by atoms with Crippen molar-refractivity contribution in [3.05, 3.63) is 53.6 Å². The zero-order valence-electron chi connectivity index (χ0n) is 11.9. The third kappa shape index (κ3) is 3.48. The molecule has 0 spiro atoms. The van der Waals surface area contributed by atoms with Gasteiger partial charge >= 0.3 is 0 Å². The molecule has 0 atom stereocenters. The maximum absolute atomic E-state index is 5.34. The number of hydrogen-bond acceptors (Lipinski definition) is 2. The summed E-state index contributed by atoms with van der Waals surface area (Å²) in [5, 5.41) is 6.93. The molecule has 0 radical (unpaired) electrons. The van der Waals surface area contributed by atoms with E-state index in [2.05, 4.69) is 30.5 Å². The molecule has 0 unspecified atom stereocenters. The van der Waals surface area contributed by atoms with Gasteiger partial charge in [0.2, 0.25) is 0 Å². The molecule has 0 heterocycles. The van der Waals surface area contributed by atoms with Crippen LogP contribution in [0.25, 0.3) is 0 Å². The Morgan fingerprint density at radius 3 is 2.55 bits per heavy atom. The second-order valence-corrected chi connectivity index (χ2v) is 4.97. The molecule has 0 bridgehead atoms. The number of ether oxygens (including phenoxy) is 1. The van der Waals surface area contributed by atoms with Gasteiger partial charge in [-0.3, -0.25) is 0 Å². The molecule has 0 aliphatic heterocycles. The van der Waals surface area contributed by atoms with E-state index in [1.54, 1.807) is 7.11 Å². The lowest BCUT2D eigenvalue weighted by atomic mass is 10.1. The smallest absolute Gasteiger partial charge is 0.175 e. The maximum atomic E-state index is 5.34. The lowest BCUT2D eigenvalue weighted by Gasteiger charge is -2.14. The Morgan fingerprint density at radius 2 is 1.80 bits per heavy atom.